The summed E-state index contributed by atoms with van der Waals surface area (Å²) in [7, 11) is 1.62. The number of rotatable bonds is 7. The molecule has 0 aliphatic carbocycles. The third-order valence-electron chi connectivity index (χ3n) is 5.36. The molecule has 2 aromatic rings. The van der Waals surface area contributed by atoms with E-state index in [0.29, 0.717) is 24.2 Å². The van der Waals surface area contributed by atoms with Crippen molar-refractivity contribution in [2.24, 2.45) is 4.99 Å². The van der Waals surface area contributed by atoms with E-state index in [-0.39, 0.29) is 24.3 Å². The van der Waals surface area contributed by atoms with Crippen LogP contribution in [0.5, 0.6) is 0 Å². The maximum atomic E-state index is 12.8. The summed E-state index contributed by atoms with van der Waals surface area (Å²) < 4.78 is 0. The van der Waals surface area contributed by atoms with Gasteiger partial charge in [-0.2, -0.15) is 0 Å². The number of amidine groups is 1. The number of amides is 2. The minimum absolute atomic E-state index is 0.0754. The van der Waals surface area contributed by atoms with E-state index in [1.54, 1.807) is 13.2 Å². The lowest BCUT2D eigenvalue weighted by atomic mass is 9.93. The maximum Gasteiger partial charge on any atom is 0.251 e. The van der Waals surface area contributed by atoms with Gasteiger partial charge in [-0.15, -0.1) is 0 Å². The first kappa shape index (κ1) is 21.8. The third kappa shape index (κ3) is 4.60. The van der Waals surface area contributed by atoms with Crippen LogP contribution in [-0.4, -0.2) is 40.5 Å². The van der Waals surface area contributed by atoms with E-state index in [2.05, 4.69) is 20.6 Å². The fraction of sp³-hybridized carbons (Fsp3) is 0.250. The number of nitrogens with one attached hydrogen (secondary N) is 2. The number of allylic oxidation sites excluding steroid dienone is 1. The van der Waals surface area contributed by atoms with Crippen molar-refractivity contribution in [3.8, 4) is 0 Å². The highest BCUT2D eigenvalue weighted by Gasteiger charge is 2.40. The molecule has 1 aromatic carbocycles. The molecule has 2 aliphatic rings. The number of nitrogens with zero attached hydrogens (tertiary/aromatic N) is 3. The highest BCUT2D eigenvalue weighted by atomic mass is 32.2. The van der Waals surface area contributed by atoms with Crippen molar-refractivity contribution in [1.29, 1.82) is 0 Å². The first-order valence-electron chi connectivity index (χ1n) is 10.5. The predicted molar refractivity (Wildman–Crippen MR) is 126 cm³/mol. The van der Waals surface area contributed by atoms with E-state index in [1.165, 1.54) is 11.8 Å². The molecule has 4 rings (SSSR count). The molecule has 32 heavy (non-hydrogen) atoms. The van der Waals surface area contributed by atoms with Crippen LogP contribution < -0.4 is 10.6 Å². The van der Waals surface area contributed by atoms with E-state index >= 15 is 0 Å². The van der Waals surface area contributed by atoms with Gasteiger partial charge in [-0.25, -0.2) is 4.99 Å². The number of likely N-dealkylation sites (N-methyl/N-ethyl adjacent to an activating group) is 1. The summed E-state index contributed by atoms with van der Waals surface area (Å²) in [5.74, 6) is -0.246. The minimum Gasteiger partial charge on any atom is -0.355 e. The number of hydrogen-bond acceptors (Lipinski definition) is 6. The number of carbonyl (C=O) groups is 2. The van der Waals surface area contributed by atoms with Crippen LogP contribution in [0.2, 0.25) is 0 Å². The molecule has 0 spiro atoms. The molecule has 0 radical (unpaired) electrons. The molecule has 2 amide bonds. The molecule has 1 unspecified atom stereocenters. The van der Waals surface area contributed by atoms with Gasteiger partial charge in [-0.1, -0.05) is 48.2 Å². The van der Waals surface area contributed by atoms with Gasteiger partial charge in [0.1, 0.15) is 0 Å². The van der Waals surface area contributed by atoms with Crippen LogP contribution in [0.15, 0.2) is 82.1 Å². The van der Waals surface area contributed by atoms with Crippen LogP contribution in [-0.2, 0) is 16.0 Å². The lowest BCUT2D eigenvalue weighted by Gasteiger charge is -2.36. The average Bonchev–Trinajstić information content (AvgIpc) is 3.20. The van der Waals surface area contributed by atoms with Crippen LogP contribution in [0.1, 0.15) is 30.6 Å². The number of thioether (sulfide) groups is 1. The Morgan fingerprint density at radius 1 is 1.12 bits per heavy atom. The van der Waals surface area contributed by atoms with Crippen molar-refractivity contribution in [2.75, 3.05) is 13.6 Å². The minimum atomic E-state index is -0.341. The Hall–Kier alpha value is -3.39. The monoisotopic (exact) mass is 447 g/mol. The molecule has 2 N–H and O–H groups in total. The molecule has 0 bridgehead atoms. The Balaban J connectivity index is 1.52. The quantitative estimate of drug-likeness (QED) is 0.681. The van der Waals surface area contributed by atoms with Gasteiger partial charge in [0, 0.05) is 37.6 Å². The van der Waals surface area contributed by atoms with Crippen molar-refractivity contribution in [3.05, 3.63) is 88.4 Å². The molecule has 2 aliphatic heterocycles. The Kier molecular flexibility index (Phi) is 6.70. The largest absolute Gasteiger partial charge is 0.355 e. The lowest BCUT2D eigenvalue weighted by molar-refractivity contribution is -0.120. The van der Waals surface area contributed by atoms with Crippen LogP contribution in [0.25, 0.3) is 0 Å². The van der Waals surface area contributed by atoms with Crippen molar-refractivity contribution >= 4 is 28.7 Å². The van der Waals surface area contributed by atoms with Gasteiger partial charge in [-0.3, -0.25) is 14.6 Å². The van der Waals surface area contributed by atoms with Gasteiger partial charge in [0.15, 0.2) is 5.17 Å². The molecule has 0 saturated heterocycles. The summed E-state index contributed by atoms with van der Waals surface area (Å²) in [4.78, 5) is 36.4. The van der Waals surface area contributed by atoms with Gasteiger partial charge in [-0.05, 0) is 30.0 Å². The Morgan fingerprint density at radius 2 is 1.91 bits per heavy atom. The van der Waals surface area contributed by atoms with Gasteiger partial charge >= 0.3 is 0 Å². The van der Waals surface area contributed by atoms with Gasteiger partial charge < -0.3 is 15.5 Å². The number of aromatic nitrogens is 1. The van der Waals surface area contributed by atoms with E-state index in [1.807, 2.05) is 65.8 Å². The summed E-state index contributed by atoms with van der Waals surface area (Å²) >= 11 is 1.48. The first-order chi connectivity index (χ1) is 15.6. The normalized spacial score (nSPS) is 17.4. The molecule has 164 valence electrons. The van der Waals surface area contributed by atoms with Crippen LogP contribution >= 0.6 is 11.8 Å². The smallest absolute Gasteiger partial charge is 0.251 e. The maximum absolute atomic E-state index is 12.8. The SMILES string of the molecule is CNC(=O)C1=C(C)N=C2SC=C(CC(=O)NCCc3ccccn3)N2C1c1ccccc1. The fourth-order valence-corrected chi connectivity index (χ4v) is 4.81. The number of aliphatic imine (C=N–C) groups is 1. The fourth-order valence-electron chi connectivity index (χ4n) is 3.85. The summed E-state index contributed by atoms with van der Waals surface area (Å²) in [5, 5.41) is 8.44. The lowest BCUT2D eigenvalue weighted by Crippen LogP contribution is -2.39. The molecule has 1 atom stereocenters. The van der Waals surface area contributed by atoms with Crippen molar-refractivity contribution in [2.45, 2.75) is 25.8 Å². The Labute approximate surface area is 191 Å². The summed E-state index contributed by atoms with van der Waals surface area (Å²) in [6, 6.07) is 15.3. The topological polar surface area (TPSA) is 86.7 Å². The Morgan fingerprint density at radius 3 is 2.62 bits per heavy atom. The van der Waals surface area contributed by atoms with Gasteiger partial charge in [0.05, 0.1) is 23.7 Å². The number of carbonyl (C=O) groups excluding carboxylic acids is 2. The zero-order chi connectivity index (χ0) is 22.5. The molecular weight excluding hydrogens is 422 g/mol. The number of benzene rings is 1. The third-order valence-corrected chi connectivity index (χ3v) is 6.25. The van der Waals surface area contributed by atoms with Gasteiger partial charge in [0.2, 0.25) is 5.91 Å². The van der Waals surface area contributed by atoms with Crippen molar-refractivity contribution in [3.63, 3.8) is 0 Å². The van der Waals surface area contributed by atoms with Gasteiger partial charge in [0.25, 0.3) is 5.91 Å². The molecule has 0 fully saturated rings. The molecule has 7 nitrogen and oxygen atoms in total. The van der Waals surface area contributed by atoms with Crippen LogP contribution in [0.3, 0.4) is 0 Å². The average molecular weight is 448 g/mol. The summed E-state index contributed by atoms with van der Waals surface area (Å²) in [6.07, 6.45) is 2.63. The van der Waals surface area contributed by atoms with E-state index in [4.69, 9.17) is 0 Å². The van der Waals surface area contributed by atoms with Crippen LogP contribution in [0, 0.1) is 0 Å². The van der Waals surface area contributed by atoms with Crippen molar-refractivity contribution < 1.29 is 9.59 Å². The van der Waals surface area contributed by atoms with E-state index in [9.17, 15) is 9.59 Å². The van der Waals surface area contributed by atoms with E-state index in [0.717, 1.165) is 22.1 Å². The second-order valence-electron chi connectivity index (χ2n) is 7.48. The zero-order valence-corrected chi connectivity index (χ0v) is 18.9. The number of hydrogen-bond donors (Lipinski definition) is 2. The number of fused-ring (bicyclic) bond motifs is 1. The summed E-state index contributed by atoms with van der Waals surface area (Å²) in [5.41, 5.74) is 4.01. The molecule has 0 saturated carbocycles. The second kappa shape index (κ2) is 9.82. The standard InChI is InChI=1S/C24H25N5O2S/c1-16-21(23(31)25-2)22(17-8-4-3-5-9-17)29-19(15-32-24(29)28-16)14-20(30)27-13-11-18-10-6-7-12-26-18/h3-10,12,15,22H,11,13-14H2,1-2H3,(H,25,31)(H,27,30). The van der Waals surface area contributed by atoms with E-state index < -0.39 is 0 Å². The molecule has 8 heteroatoms. The highest BCUT2D eigenvalue weighted by molar-refractivity contribution is 8.16. The Bertz CT molecular complexity index is 1100. The zero-order valence-electron chi connectivity index (χ0n) is 18.0. The molecule has 3 heterocycles. The predicted octanol–water partition coefficient (Wildman–Crippen LogP) is 3.15. The highest BCUT2D eigenvalue weighted by Crippen LogP contribution is 2.44. The van der Waals surface area contributed by atoms with Crippen molar-refractivity contribution in [1.82, 2.24) is 20.5 Å². The summed E-state index contributed by atoms with van der Waals surface area (Å²) in [6.45, 7) is 2.37. The first-order valence-corrected chi connectivity index (χ1v) is 11.3. The second-order valence-corrected chi connectivity index (χ2v) is 8.32. The number of pyridine rings is 1. The molecule has 1 aromatic heterocycles. The van der Waals surface area contributed by atoms with Crippen LogP contribution in [0.4, 0.5) is 0 Å². The molecular formula is C24H25N5O2S.